The van der Waals surface area contributed by atoms with E-state index in [0.29, 0.717) is 6.54 Å². The van der Waals surface area contributed by atoms with E-state index in [0.717, 1.165) is 6.42 Å². The van der Waals surface area contributed by atoms with E-state index < -0.39 is 5.60 Å². The van der Waals surface area contributed by atoms with Crippen LogP contribution in [-0.4, -0.2) is 23.2 Å². The topological polar surface area (TPSA) is 54.1 Å². The highest BCUT2D eigenvalue weighted by Gasteiger charge is 2.16. The first-order valence-electron chi connectivity index (χ1n) is 8.01. The third-order valence-electron chi connectivity index (χ3n) is 4.04. The van der Waals surface area contributed by atoms with Gasteiger partial charge in [-0.1, -0.05) is 0 Å². The number of hydrogen-bond acceptors (Lipinski definition) is 2. The normalized spacial score (nSPS) is 14.1. The summed E-state index contributed by atoms with van der Waals surface area (Å²) in [6.07, 6.45) is 6.14. The molecular weight excluding hydrogens is 276 g/mol. The van der Waals surface area contributed by atoms with Crippen molar-refractivity contribution in [2.75, 3.05) is 6.54 Å². The summed E-state index contributed by atoms with van der Waals surface area (Å²) in [4.78, 5) is 15.0. The summed E-state index contributed by atoms with van der Waals surface area (Å²) in [6.45, 7) is 6.19. The molecule has 118 valence electrons. The van der Waals surface area contributed by atoms with Crippen molar-refractivity contribution in [3.63, 3.8) is 0 Å². The van der Waals surface area contributed by atoms with Crippen LogP contribution in [0.4, 0.5) is 4.79 Å². The zero-order valence-electron chi connectivity index (χ0n) is 13.6. The molecule has 0 unspecified atom stereocenters. The summed E-state index contributed by atoms with van der Waals surface area (Å²) in [5, 5.41) is 4.10. The molecule has 22 heavy (non-hydrogen) atoms. The van der Waals surface area contributed by atoms with Crippen LogP contribution < -0.4 is 5.32 Å². The Balaban J connectivity index is 1.64. The lowest BCUT2D eigenvalue weighted by Crippen LogP contribution is -2.33. The van der Waals surface area contributed by atoms with E-state index in [-0.39, 0.29) is 6.09 Å². The fraction of sp³-hybridized carbons (Fsp3) is 0.500. The average Bonchev–Trinajstić information content (AvgIpc) is 3.00. The Bertz CT molecular complexity index is 695. The van der Waals surface area contributed by atoms with Gasteiger partial charge in [-0.3, -0.25) is 0 Å². The molecule has 1 heterocycles. The minimum atomic E-state index is -0.453. The first-order valence-corrected chi connectivity index (χ1v) is 8.01. The van der Waals surface area contributed by atoms with Crippen LogP contribution in [0.15, 0.2) is 18.3 Å². The largest absolute Gasteiger partial charge is 0.444 e. The highest BCUT2D eigenvalue weighted by molar-refractivity contribution is 5.85. The highest BCUT2D eigenvalue weighted by atomic mass is 16.6. The van der Waals surface area contributed by atoms with Gasteiger partial charge in [0.15, 0.2) is 0 Å². The van der Waals surface area contributed by atoms with Crippen LogP contribution in [0.3, 0.4) is 0 Å². The Morgan fingerprint density at radius 3 is 2.73 bits per heavy atom. The molecule has 2 aromatic rings. The molecule has 4 heteroatoms. The van der Waals surface area contributed by atoms with E-state index >= 15 is 0 Å². The van der Waals surface area contributed by atoms with Crippen LogP contribution in [0.5, 0.6) is 0 Å². The summed E-state index contributed by atoms with van der Waals surface area (Å²) in [7, 11) is 0. The van der Waals surface area contributed by atoms with Gasteiger partial charge in [-0.2, -0.15) is 0 Å². The van der Waals surface area contributed by atoms with Gasteiger partial charge in [-0.05, 0) is 75.3 Å². The number of hydrogen-bond donors (Lipinski definition) is 2. The van der Waals surface area contributed by atoms with Crippen LogP contribution in [0.2, 0.25) is 0 Å². The van der Waals surface area contributed by atoms with E-state index in [2.05, 4.69) is 28.6 Å². The van der Waals surface area contributed by atoms with Crippen LogP contribution in [-0.2, 0) is 24.0 Å². The molecule has 3 rings (SSSR count). The van der Waals surface area contributed by atoms with Crippen molar-refractivity contribution in [3.8, 4) is 0 Å². The molecular formula is C18H24N2O2. The number of aromatic nitrogens is 1. The quantitative estimate of drug-likeness (QED) is 0.907. The molecule has 0 spiro atoms. The van der Waals surface area contributed by atoms with Crippen molar-refractivity contribution in [2.24, 2.45) is 0 Å². The average molecular weight is 300 g/mol. The van der Waals surface area contributed by atoms with Gasteiger partial charge >= 0.3 is 6.09 Å². The lowest BCUT2D eigenvalue weighted by atomic mass is 10.0. The van der Waals surface area contributed by atoms with Crippen molar-refractivity contribution >= 4 is 17.0 Å². The maximum absolute atomic E-state index is 11.7. The van der Waals surface area contributed by atoms with Crippen LogP contribution in [0.1, 0.15) is 43.9 Å². The third-order valence-corrected chi connectivity index (χ3v) is 4.04. The molecule has 1 aliphatic carbocycles. The monoisotopic (exact) mass is 300 g/mol. The predicted molar refractivity (Wildman–Crippen MR) is 88.3 cm³/mol. The molecule has 4 nitrogen and oxygen atoms in total. The van der Waals surface area contributed by atoms with Gasteiger partial charge in [0, 0.05) is 23.6 Å². The lowest BCUT2D eigenvalue weighted by molar-refractivity contribution is 0.0528. The first-order chi connectivity index (χ1) is 10.4. The number of carbonyl (C=O) groups excluding carboxylic acids is 1. The fourth-order valence-electron chi connectivity index (χ4n) is 3.07. The Labute approximate surface area is 131 Å². The van der Waals surface area contributed by atoms with Gasteiger partial charge in [0.05, 0.1) is 0 Å². The molecule has 0 bridgehead atoms. The highest BCUT2D eigenvalue weighted by Crippen LogP contribution is 2.28. The number of ether oxygens (including phenoxy) is 1. The van der Waals surface area contributed by atoms with Crippen LogP contribution >= 0.6 is 0 Å². The second kappa shape index (κ2) is 5.67. The third kappa shape index (κ3) is 3.26. The molecule has 0 aliphatic heterocycles. The standard InChI is InChI=1S/C18H24N2O2/c1-18(2,3)22-17(21)19-8-7-14-11-20-16-10-13-6-4-5-12(13)9-15(14)16/h9-11,20H,4-8H2,1-3H3,(H,19,21). The number of benzene rings is 1. The van der Waals surface area contributed by atoms with E-state index in [1.54, 1.807) is 0 Å². The van der Waals surface area contributed by atoms with Crippen molar-refractivity contribution in [1.29, 1.82) is 0 Å². The molecule has 0 radical (unpaired) electrons. The maximum atomic E-state index is 11.7. The summed E-state index contributed by atoms with van der Waals surface area (Å²) in [5.74, 6) is 0. The molecule has 1 amide bonds. The van der Waals surface area contributed by atoms with Gasteiger partial charge in [-0.15, -0.1) is 0 Å². The number of H-pyrrole nitrogens is 1. The number of aryl methyl sites for hydroxylation is 2. The molecule has 1 aliphatic rings. The molecule has 1 aromatic heterocycles. The molecule has 0 saturated heterocycles. The van der Waals surface area contributed by atoms with E-state index in [9.17, 15) is 4.79 Å². The van der Waals surface area contributed by atoms with Gasteiger partial charge in [0.25, 0.3) is 0 Å². The Kier molecular flexibility index (Phi) is 3.85. The van der Waals surface area contributed by atoms with Crippen molar-refractivity contribution in [3.05, 3.63) is 35.0 Å². The number of alkyl carbamates (subject to hydrolysis) is 1. The molecule has 1 aromatic carbocycles. The van der Waals surface area contributed by atoms with E-state index in [1.165, 1.54) is 46.9 Å². The van der Waals surface area contributed by atoms with Crippen LogP contribution in [0, 0.1) is 0 Å². The molecule has 0 saturated carbocycles. The SMILES string of the molecule is CC(C)(C)OC(=O)NCCc1c[nH]c2cc3c(cc12)CCC3. The fourth-order valence-corrected chi connectivity index (χ4v) is 3.07. The van der Waals surface area contributed by atoms with E-state index in [4.69, 9.17) is 4.74 Å². The van der Waals surface area contributed by atoms with Gasteiger partial charge in [0.2, 0.25) is 0 Å². The number of amides is 1. The molecule has 0 fully saturated rings. The Morgan fingerprint density at radius 1 is 1.27 bits per heavy atom. The van der Waals surface area contributed by atoms with E-state index in [1.807, 2.05) is 20.8 Å². The van der Waals surface area contributed by atoms with Crippen molar-refractivity contribution in [1.82, 2.24) is 10.3 Å². The minimum absolute atomic E-state index is 0.353. The van der Waals surface area contributed by atoms with Gasteiger partial charge in [-0.25, -0.2) is 4.79 Å². The second-order valence-electron chi connectivity index (χ2n) is 7.01. The Hall–Kier alpha value is -1.97. The zero-order chi connectivity index (χ0) is 15.7. The van der Waals surface area contributed by atoms with Gasteiger partial charge < -0.3 is 15.0 Å². The zero-order valence-corrected chi connectivity index (χ0v) is 13.6. The van der Waals surface area contributed by atoms with Crippen LogP contribution in [0.25, 0.3) is 10.9 Å². The number of carbonyl (C=O) groups is 1. The number of rotatable bonds is 3. The smallest absolute Gasteiger partial charge is 0.407 e. The first kappa shape index (κ1) is 14.9. The number of fused-ring (bicyclic) bond motifs is 2. The van der Waals surface area contributed by atoms with Gasteiger partial charge in [0.1, 0.15) is 5.60 Å². The lowest BCUT2D eigenvalue weighted by Gasteiger charge is -2.19. The Morgan fingerprint density at radius 2 is 2.00 bits per heavy atom. The second-order valence-corrected chi connectivity index (χ2v) is 7.01. The minimum Gasteiger partial charge on any atom is -0.444 e. The van der Waals surface area contributed by atoms with Crippen molar-refractivity contribution < 1.29 is 9.53 Å². The molecule has 0 atom stereocenters. The van der Waals surface area contributed by atoms with Crippen molar-refractivity contribution in [2.45, 2.75) is 52.1 Å². The predicted octanol–water partition coefficient (Wildman–Crippen LogP) is 3.72. The number of aromatic amines is 1. The summed E-state index contributed by atoms with van der Waals surface area (Å²) < 4.78 is 5.25. The summed E-state index contributed by atoms with van der Waals surface area (Å²) in [6, 6.07) is 4.60. The number of nitrogens with one attached hydrogen (secondary N) is 2. The molecule has 2 N–H and O–H groups in total. The summed E-state index contributed by atoms with van der Waals surface area (Å²) >= 11 is 0. The maximum Gasteiger partial charge on any atom is 0.407 e. The summed E-state index contributed by atoms with van der Waals surface area (Å²) in [5.41, 5.74) is 4.96.